The number of hydrogen-bond acceptors (Lipinski definition) is 7. The van der Waals surface area contributed by atoms with Crippen molar-refractivity contribution in [2.45, 2.75) is 95.4 Å². The first-order valence-corrected chi connectivity index (χ1v) is 13.7. The van der Waals surface area contributed by atoms with Crippen LogP contribution in [-0.4, -0.2) is 98.8 Å². The van der Waals surface area contributed by atoms with Gasteiger partial charge in [0, 0.05) is 50.4 Å². The van der Waals surface area contributed by atoms with Crippen LogP contribution in [0.1, 0.15) is 83.4 Å². The lowest BCUT2D eigenvalue weighted by Crippen LogP contribution is -2.59. The number of aliphatic hydroxyl groups excluding tert-OH is 1. The van der Waals surface area contributed by atoms with Crippen molar-refractivity contribution in [3.63, 3.8) is 0 Å². The van der Waals surface area contributed by atoms with Crippen molar-refractivity contribution < 1.29 is 19.4 Å². The van der Waals surface area contributed by atoms with E-state index in [2.05, 4.69) is 20.5 Å². The molecule has 4 fully saturated rings. The maximum Gasteiger partial charge on any atom is 0.248 e. The van der Waals surface area contributed by atoms with Gasteiger partial charge >= 0.3 is 0 Å². The Hall–Kier alpha value is -2.04. The molecule has 1 aromatic rings. The molecular weight excluding hydrogens is 460 g/mol. The first-order valence-electron chi connectivity index (χ1n) is 13.7. The molecule has 2 amide bonds. The van der Waals surface area contributed by atoms with Crippen LogP contribution in [-0.2, 0) is 14.3 Å². The average Bonchev–Trinajstić information content (AvgIpc) is 3.22. The molecule has 3 aliphatic heterocycles. The number of ether oxygens (including phenoxy) is 1. The maximum atomic E-state index is 13.9. The monoisotopic (exact) mass is 502 g/mol. The van der Waals surface area contributed by atoms with Crippen LogP contribution in [0.2, 0.25) is 0 Å². The van der Waals surface area contributed by atoms with Crippen LogP contribution < -0.4 is 5.32 Å². The quantitative estimate of drug-likeness (QED) is 0.581. The number of aliphatic hydroxyl groups is 1. The van der Waals surface area contributed by atoms with E-state index in [-0.39, 0.29) is 30.3 Å². The highest BCUT2D eigenvalue weighted by Gasteiger charge is 2.46. The Morgan fingerprint density at radius 2 is 1.92 bits per heavy atom. The van der Waals surface area contributed by atoms with E-state index >= 15 is 0 Å². The highest BCUT2D eigenvalue weighted by atomic mass is 16.5. The molecular formula is C26H42N6O4. The van der Waals surface area contributed by atoms with Crippen molar-refractivity contribution in [1.29, 1.82) is 0 Å². The highest BCUT2D eigenvalue weighted by molar-refractivity contribution is 5.90. The second-order valence-electron chi connectivity index (χ2n) is 12.3. The first kappa shape index (κ1) is 25.6. The van der Waals surface area contributed by atoms with Gasteiger partial charge < -0.3 is 20.1 Å². The molecule has 36 heavy (non-hydrogen) atoms. The van der Waals surface area contributed by atoms with Crippen molar-refractivity contribution >= 4 is 11.8 Å². The predicted octanol–water partition coefficient (Wildman–Crippen LogP) is 1.47. The average molecular weight is 503 g/mol. The van der Waals surface area contributed by atoms with E-state index in [0.717, 1.165) is 44.5 Å². The van der Waals surface area contributed by atoms with Crippen molar-refractivity contribution in [2.24, 2.45) is 5.41 Å². The Kier molecular flexibility index (Phi) is 7.13. The summed E-state index contributed by atoms with van der Waals surface area (Å²) in [4.78, 5) is 31.5. The molecule has 1 aromatic heterocycles. The third-order valence-corrected chi connectivity index (χ3v) is 8.50. The number of nitrogens with one attached hydrogen (secondary N) is 1. The SMILES string of the molecule is CC(C)(C)[C@@H](C(=O)N1CC(O)CC1C(=O)NCC1(N2CCCC2)CCOCC1)n1cc(C2CC2)nn1. The zero-order valence-corrected chi connectivity index (χ0v) is 22.0. The summed E-state index contributed by atoms with van der Waals surface area (Å²) in [6, 6.07) is -1.30. The molecule has 0 spiro atoms. The van der Waals surface area contributed by atoms with Crippen LogP contribution in [0.5, 0.6) is 0 Å². The fourth-order valence-corrected chi connectivity index (χ4v) is 6.24. The summed E-state index contributed by atoms with van der Waals surface area (Å²) in [7, 11) is 0. The van der Waals surface area contributed by atoms with Gasteiger partial charge in [-0.25, -0.2) is 4.68 Å². The molecule has 0 aromatic carbocycles. The summed E-state index contributed by atoms with van der Waals surface area (Å²) in [5.41, 5.74) is 0.392. The van der Waals surface area contributed by atoms with Gasteiger partial charge in [0.25, 0.3) is 0 Å². The lowest BCUT2D eigenvalue weighted by molar-refractivity contribution is -0.144. The predicted molar refractivity (Wildman–Crippen MR) is 133 cm³/mol. The maximum absolute atomic E-state index is 13.9. The van der Waals surface area contributed by atoms with Crippen LogP contribution in [0.3, 0.4) is 0 Å². The van der Waals surface area contributed by atoms with Crippen LogP contribution in [0, 0.1) is 5.41 Å². The van der Waals surface area contributed by atoms with Gasteiger partial charge in [0.1, 0.15) is 12.1 Å². The standard InChI is InChI=1S/C26H42N6O4/c1-25(2,3)22(32-16-20(28-29-32)18-6-7-18)24(35)31-15-19(33)14-21(31)23(34)27-17-26(8-12-36-13-9-26)30-10-4-5-11-30/h16,18-19,21-22,33H,4-15,17H2,1-3H3,(H,27,34)/t19?,21?,22-/m1/s1. The first-order chi connectivity index (χ1) is 17.2. The van der Waals surface area contributed by atoms with Crippen LogP contribution in [0.15, 0.2) is 6.20 Å². The third-order valence-electron chi connectivity index (χ3n) is 8.50. The molecule has 0 bridgehead atoms. The molecule has 10 heteroatoms. The normalized spacial score (nSPS) is 27.8. The van der Waals surface area contributed by atoms with E-state index in [0.29, 0.717) is 25.7 Å². The van der Waals surface area contributed by atoms with E-state index in [1.807, 2.05) is 27.0 Å². The largest absolute Gasteiger partial charge is 0.391 e. The van der Waals surface area contributed by atoms with E-state index < -0.39 is 23.6 Å². The molecule has 200 valence electrons. The van der Waals surface area contributed by atoms with E-state index in [1.54, 1.807) is 9.58 Å². The zero-order chi connectivity index (χ0) is 25.5. The number of carbonyl (C=O) groups is 2. The lowest BCUT2D eigenvalue weighted by atomic mass is 9.85. The number of β-amino-alcohol motifs (C(OH)–C–C–N with tert-alkyl or cyclic N) is 1. The van der Waals surface area contributed by atoms with Gasteiger partial charge in [-0.3, -0.25) is 14.5 Å². The number of carbonyl (C=O) groups excluding carboxylic acids is 2. The van der Waals surface area contributed by atoms with Crippen molar-refractivity contribution in [3.05, 3.63) is 11.9 Å². The topological polar surface area (TPSA) is 113 Å². The Balaban J connectivity index is 1.31. The Morgan fingerprint density at radius 3 is 2.56 bits per heavy atom. The third kappa shape index (κ3) is 5.17. The number of amides is 2. The number of rotatable bonds is 7. The van der Waals surface area contributed by atoms with Crippen molar-refractivity contribution in [3.8, 4) is 0 Å². The van der Waals surface area contributed by atoms with Crippen molar-refractivity contribution in [2.75, 3.05) is 39.4 Å². The van der Waals surface area contributed by atoms with Gasteiger partial charge in [-0.2, -0.15) is 0 Å². The minimum Gasteiger partial charge on any atom is -0.391 e. The fourth-order valence-electron chi connectivity index (χ4n) is 6.24. The summed E-state index contributed by atoms with van der Waals surface area (Å²) < 4.78 is 7.30. The van der Waals surface area contributed by atoms with Gasteiger partial charge in [0.05, 0.1) is 11.8 Å². The van der Waals surface area contributed by atoms with E-state index in [9.17, 15) is 14.7 Å². The van der Waals surface area contributed by atoms with Crippen LogP contribution in [0.25, 0.3) is 0 Å². The number of likely N-dealkylation sites (tertiary alicyclic amines) is 2. The second kappa shape index (κ2) is 10.0. The molecule has 3 saturated heterocycles. The van der Waals surface area contributed by atoms with Gasteiger partial charge in [0.2, 0.25) is 11.8 Å². The van der Waals surface area contributed by atoms with Gasteiger partial charge in [-0.05, 0) is 57.0 Å². The molecule has 2 N–H and O–H groups in total. The molecule has 2 unspecified atom stereocenters. The van der Waals surface area contributed by atoms with Gasteiger partial charge in [-0.15, -0.1) is 5.10 Å². The molecule has 5 rings (SSSR count). The zero-order valence-electron chi connectivity index (χ0n) is 22.0. The molecule has 10 nitrogen and oxygen atoms in total. The Morgan fingerprint density at radius 1 is 1.22 bits per heavy atom. The molecule has 4 aliphatic rings. The molecule has 1 aliphatic carbocycles. The molecule has 1 saturated carbocycles. The smallest absolute Gasteiger partial charge is 0.248 e. The fraction of sp³-hybridized carbons (Fsp3) is 0.846. The molecule has 4 heterocycles. The van der Waals surface area contributed by atoms with E-state index in [4.69, 9.17) is 4.74 Å². The van der Waals surface area contributed by atoms with Gasteiger partial charge in [0.15, 0.2) is 0 Å². The summed E-state index contributed by atoms with van der Waals surface area (Å²) in [5, 5.41) is 22.3. The number of aromatic nitrogens is 3. The summed E-state index contributed by atoms with van der Waals surface area (Å²) in [6.45, 7) is 10.2. The molecule has 3 atom stereocenters. The molecule has 0 radical (unpaired) electrons. The van der Waals surface area contributed by atoms with Crippen LogP contribution >= 0.6 is 0 Å². The Bertz CT molecular complexity index is 942. The second-order valence-corrected chi connectivity index (χ2v) is 12.3. The van der Waals surface area contributed by atoms with Crippen molar-refractivity contribution in [1.82, 2.24) is 30.1 Å². The number of nitrogens with zero attached hydrogens (tertiary/aromatic N) is 5. The minimum absolute atomic E-state index is 0.0929. The number of hydrogen-bond donors (Lipinski definition) is 2. The highest BCUT2D eigenvalue weighted by Crippen LogP contribution is 2.40. The Labute approximate surface area is 213 Å². The lowest BCUT2D eigenvalue weighted by Gasteiger charge is -2.45. The summed E-state index contributed by atoms with van der Waals surface area (Å²) in [5.74, 6) is 0.0661. The summed E-state index contributed by atoms with van der Waals surface area (Å²) in [6.07, 6.45) is 7.79. The van der Waals surface area contributed by atoms with Gasteiger partial charge in [-0.1, -0.05) is 26.0 Å². The minimum atomic E-state index is -0.723. The van der Waals surface area contributed by atoms with Crippen LogP contribution in [0.4, 0.5) is 0 Å². The van der Waals surface area contributed by atoms with E-state index in [1.165, 1.54) is 12.8 Å². The summed E-state index contributed by atoms with van der Waals surface area (Å²) >= 11 is 0.